The SMILES string of the molecule is O=C(O)C(CCc1ccccc1)OC1CCCCO1. The maximum absolute atomic E-state index is 11.2. The van der Waals surface area contributed by atoms with Crippen LogP contribution in [0.3, 0.4) is 0 Å². The largest absolute Gasteiger partial charge is 0.479 e. The van der Waals surface area contributed by atoms with Crippen molar-refractivity contribution in [3.63, 3.8) is 0 Å². The number of aryl methyl sites for hydroxylation is 1. The Morgan fingerprint density at radius 2 is 2.16 bits per heavy atom. The van der Waals surface area contributed by atoms with Crippen molar-refractivity contribution in [2.24, 2.45) is 0 Å². The molecule has 1 aliphatic heterocycles. The van der Waals surface area contributed by atoms with Crippen molar-refractivity contribution in [1.29, 1.82) is 0 Å². The van der Waals surface area contributed by atoms with Gasteiger partial charge in [-0.2, -0.15) is 0 Å². The molecule has 19 heavy (non-hydrogen) atoms. The highest BCUT2D eigenvalue weighted by molar-refractivity contribution is 5.72. The molecular weight excluding hydrogens is 244 g/mol. The summed E-state index contributed by atoms with van der Waals surface area (Å²) in [5, 5.41) is 9.20. The van der Waals surface area contributed by atoms with Gasteiger partial charge in [-0.1, -0.05) is 30.3 Å². The molecule has 0 aromatic heterocycles. The zero-order valence-electron chi connectivity index (χ0n) is 11.0. The first kappa shape index (κ1) is 14.0. The fourth-order valence-electron chi connectivity index (χ4n) is 2.19. The molecule has 1 fully saturated rings. The monoisotopic (exact) mass is 264 g/mol. The van der Waals surface area contributed by atoms with E-state index >= 15 is 0 Å². The number of benzene rings is 1. The van der Waals surface area contributed by atoms with E-state index in [2.05, 4.69) is 0 Å². The van der Waals surface area contributed by atoms with Crippen LogP contribution in [-0.2, 0) is 20.7 Å². The lowest BCUT2D eigenvalue weighted by Crippen LogP contribution is -2.33. The molecule has 0 saturated carbocycles. The topological polar surface area (TPSA) is 55.8 Å². The molecule has 104 valence electrons. The molecular formula is C15H20O4. The Kier molecular flexibility index (Phi) is 5.36. The van der Waals surface area contributed by atoms with E-state index in [1.54, 1.807) is 0 Å². The van der Waals surface area contributed by atoms with E-state index in [0.717, 1.165) is 24.8 Å². The second-order valence-electron chi connectivity index (χ2n) is 4.78. The zero-order chi connectivity index (χ0) is 13.5. The number of aliphatic carboxylic acids is 1. The number of carboxylic acids is 1. The lowest BCUT2D eigenvalue weighted by molar-refractivity contribution is -0.201. The highest BCUT2D eigenvalue weighted by atomic mass is 16.7. The summed E-state index contributed by atoms with van der Waals surface area (Å²) >= 11 is 0. The molecule has 1 saturated heterocycles. The predicted octanol–water partition coefficient (Wildman–Crippen LogP) is 2.62. The molecule has 1 aromatic carbocycles. The van der Waals surface area contributed by atoms with Gasteiger partial charge >= 0.3 is 5.97 Å². The van der Waals surface area contributed by atoms with Gasteiger partial charge in [-0.25, -0.2) is 4.79 Å². The van der Waals surface area contributed by atoms with Gasteiger partial charge < -0.3 is 14.6 Å². The van der Waals surface area contributed by atoms with Crippen LogP contribution in [0.1, 0.15) is 31.2 Å². The van der Waals surface area contributed by atoms with Crippen LogP contribution < -0.4 is 0 Å². The lowest BCUT2D eigenvalue weighted by atomic mass is 10.1. The highest BCUT2D eigenvalue weighted by Crippen LogP contribution is 2.17. The highest BCUT2D eigenvalue weighted by Gasteiger charge is 2.24. The van der Waals surface area contributed by atoms with Crippen LogP contribution in [-0.4, -0.2) is 30.1 Å². The van der Waals surface area contributed by atoms with Crippen LogP contribution in [0.15, 0.2) is 30.3 Å². The standard InChI is InChI=1S/C15H20O4/c16-15(17)13(19-14-8-4-5-11-18-14)10-9-12-6-2-1-3-7-12/h1-3,6-7,13-14H,4-5,8-11H2,(H,16,17). The van der Waals surface area contributed by atoms with Crippen molar-refractivity contribution in [3.8, 4) is 0 Å². The molecule has 1 aromatic rings. The molecule has 1 N–H and O–H groups in total. The van der Waals surface area contributed by atoms with Gasteiger partial charge in [0.1, 0.15) is 0 Å². The van der Waals surface area contributed by atoms with Crippen LogP contribution in [0, 0.1) is 0 Å². The van der Waals surface area contributed by atoms with Crippen LogP contribution >= 0.6 is 0 Å². The van der Waals surface area contributed by atoms with Gasteiger partial charge in [0, 0.05) is 6.61 Å². The number of carbonyl (C=O) groups is 1. The average molecular weight is 264 g/mol. The van der Waals surface area contributed by atoms with E-state index in [0.29, 0.717) is 19.4 Å². The Bertz CT molecular complexity index is 384. The van der Waals surface area contributed by atoms with Crippen LogP contribution in [0.2, 0.25) is 0 Å². The smallest absolute Gasteiger partial charge is 0.332 e. The molecule has 0 amide bonds. The molecule has 2 rings (SSSR count). The molecule has 0 spiro atoms. The number of hydrogen-bond acceptors (Lipinski definition) is 3. The second kappa shape index (κ2) is 7.26. The van der Waals surface area contributed by atoms with E-state index in [4.69, 9.17) is 9.47 Å². The Balaban J connectivity index is 1.83. The third-order valence-corrected chi connectivity index (χ3v) is 3.27. The zero-order valence-corrected chi connectivity index (χ0v) is 11.0. The molecule has 4 heteroatoms. The first-order valence-electron chi connectivity index (χ1n) is 6.79. The predicted molar refractivity (Wildman–Crippen MR) is 70.9 cm³/mol. The minimum absolute atomic E-state index is 0.356. The summed E-state index contributed by atoms with van der Waals surface area (Å²) < 4.78 is 11.0. The van der Waals surface area contributed by atoms with Crippen LogP contribution in [0.4, 0.5) is 0 Å². The van der Waals surface area contributed by atoms with Gasteiger partial charge in [0.2, 0.25) is 0 Å². The summed E-state index contributed by atoms with van der Waals surface area (Å²) in [6.45, 7) is 0.662. The Morgan fingerprint density at radius 3 is 2.79 bits per heavy atom. The fraction of sp³-hybridized carbons (Fsp3) is 0.533. The molecule has 1 heterocycles. The van der Waals surface area contributed by atoms with E-state index in [-0.39, 0.29) is 6.29 Å². The quantitative estimate of drug-likeness (QED) is 0.858. The van der Waals surface area contributed by atoms with Crippen molar-refractivity contribution >= 4 is 5.97 Å². The molecule has 2 unspecified atom stereocenters. The first-order chi connectivity index (χ1) is 9.25. The summed E-state index contributed by atoms with van der Waals surface area (Å²) in [6.07, 6.45) is 2.88. The van der Waals surface area contributed by atoms with Crippen molar-refractivity contribution in [2.45, 2.75) is 44.5 Å². The van der Waals surface area contributed by atoms with Crippen LogP contribution in [0.25, 0.3) is 0 Å². The molecule has 1 aliphatic rings. The Morgan fingerprint density at radius 1 is 1.37 bits per heavy atom. The minimum atomic E-state index is -0.912. The summed E-state index contributed by atoms with van der Waals surface area (Å²) in [4.78, 5) is 11.2. The van der Waals surface area contributed by atoms with E-state index in [1.165, 1.54) is 0 Å². The summed E-state index contributed by atoms with van der Waals surface area (Å²) in [6, 6.07) is 9.85. The number of hydrogen-bond donors (Lipinski definition) is 1. The fourth-order valence-corrected chi connectivity index (χ4v) is 2.19. The lowest BCUT2D eigenvalue weighted by Gasteiger charge is -2.25. The summed E-state index contributed by atoms with van der Waals surface area (Å²) in [5.41, 5.74) is 1.13. The van der Waals surface area contributed by atoms with Gasteiger partial charge in [-0.05, 0) is 37.7 Å². The molecule has 0 aliphatic carbocycles. The number of ether oxygens (including phenoxy) is 2. The first-order valence-corrected chi connectivity index (χ1v) is 6.79. The van der Waals surface area contributed by atoms with Gasteiger partial charge in [0.05, 0.1) is 0 Å². The van der Waals surface area contributed by atoms with Crippen molar-refractivity contribution < 1.29 is 19.4 Å². The third-order valence-electron chi connectivity index (χ3n) is 3.27. The van der Waals surface area contributed by atoms with Gasteiger partial charge in [0.25, 0.3) is 0 Å². The van der Waals surface area contributed by atoms with E-state index in [1.807, 2.05) is 30.3 Å². The number of carboxylic acid groups (broad SMARTS) is 1. The number of rotatable bonds is 6. The molecule has 2 atom stereocenters. The second-order valence-corrected chi connectivity index (χ2v) is 4.78. The molecule has 4 nitrogen and oxygen atoms in total. The van der Waals surface area contributed by atoms with Gasteiger partial charge in [0.15, 0.2) is 12.4 Å². The maximum atomic E-state index is 11.2. The summed E-state index contributed by atoms with van der Waals surface area (Å²) in [5.74, 6) is -0.912. The van der Waals surface area contributed by atoms with Crippen molar-refractivity contribution in [1.82, 2.24) is 0 Å². The Labute approximate surface area is 113 Å². The minimum Gasteiger partial charge on any atom is -0.479 e. The van der Waals surface area contributed by atoms with E-state index < -0.39 is 12.1 Å². The maximum Gasteiger partial charge on any atom is 0.332 e. The van der Waals surface area contributed by atoms with E-state index in [9.17, 15) is 9.90 Å². The Hall–Kier alpha value is -1.39. The van der Waals surface area contributed by atoms with Crippen molar-refractivity contribution in [2.75, 3.05) is 6.61 Å². The summed E-state index contributed by atoms with van der Waals surface area (Å²) in [7, 11) is 0. The van der Waals surface area contributed by atoms with Gasteiger partial charge in [-0.15, -0.1) is 0 Å². The van der Waals surface area contributed by atoms with Gasteiger partial charge in [-0.3, -0.25) is 0 Å². The van der Waals surface area contributed by atoms with Crippen LogP contribution in [0.5, 0.6) is 0 Å². The molecule has 0 radical (unpaired) electrons. The average Bonchev–Trinajstić information content (AvgIpc) is 2.45. The molecule has 0 bridgehead atoms. The normalized spacial score (nSPS) is 20.9. The van der Waals surface area contributed by atoms with Crippen molar-refractivity contribution in [3.05, 3.63) is 35.9 Å². The third kappa shape index (κ3) is 4.65.